The smallest absolute Gasteiger partial charge is 0.0473 e. The molecule has 0 heteroatoms. The van der Waals surface area contributed by atoms with Crippen LogP contribution in [0.1, 0.15) is 11.1 Å². The molecule has 2 aromatic rings. The van der Waals surface area contributed by atoms with Crippen molar-refractivity contribution in [1.29, 1.82) is 0 Å². The van der Waals surface area contributed by atoms with Crippen LogP contribution in [0, 0.1) is 6.42 Å². The third-order valence-corrected chi connectivity index (χ3v) is 2.40. The predicted molar refractivity (Wildman–Crippen MR) is 75.3 cm³/mol. The van der Waals surface area contributed by atoms with Crippen LogP contribution in [0.15, 0.2) is 72.8 Å². The lowest BCUT2D eigenvalue weighted by Crippen LogP contribution is -1.70. The van der Waals surface area contributed by atoms with Crippen molar-refractivity contribution in [3.8, 4) is 0 Å². The number of allylic oxidation sites excluding steroid dienone is 2. The van der Waals surface area contributed by atoms with Gasteiger partial charge in [-0.3, -0.25) is 0 Å². The molecule has 0 aromatic heterocycles. The molecule has 0 N–H and O–H groups in total. The quantitative estimate of drug-likeness (QED) is 0.658. The van der Waals surface area contributed by atoms with Gasteiger partial charge in [0, 0.05) is 41.9 Å². The van der Waals surface area contributed by atoms with Gasteiger partial charge in [0.15, 0.2) is 0 Å². The lowest BCUT2D eigenvalue weighted by atomic mass is 10.2. The summed E-state index contributed by atoms with van der Waals surface area (Å²) < 4.78 is 0. The third-order valence-electron chi connectivity index (χ3n) is 2.40. The van der Waals surface area contributed by atoms with Crippen LogP contribution in [0.4, 0.5) is 0 Å². The van der Waals surface area contributed by atoms with Crippen LogP contribution < -0.4 is 0 Å². The topological polar surface area (TPSA) is 0 Å². The highest BCUT2D eigenvalue weighted by molar-refractivity contribution is 5.54. The largest absolute Gasteiger partial charge is 0.0621 e. The Balaban J connectivity index is 1.84. The molecule has 0 bridgehead atoms. The van der Waals surface area contributed by atoms with Gasteiger partial charge in [-0.05, 0) is 24.3 Å². The van der Waals surface area contributed by atoms with Crippen LogP contribution in [0.2, 0.25) is 0 Å². The summed E-state index contributed by atoms with van der Waals surface area (Å²) in [4.78, 5) is 0. The van der Waals surface area contributed by atoms with E-state index < -0.39 is 0 Å². The summed E-state index contributed by atoms with van der Waals surface area (Å²) in [5, 5.41) is 0. The fraction of sp³-hybridized carbons (Fsp3) is 0. The van der Waals surface area contributed by atoms with Gasteiger partial charge in [-0.1, -0.05) is 36.4 Å². The highest BCUT2D eigenvalue weighted by atomic mass is 13.9. The molecule has 0 saturated carbocycles. The van der Waals surface area contributed by atoms with E-state index in [0.717, 1.165) is 0 Å². The van der Waals surface area contributed by atoms with E-state index in [1.165, 1.54) is 11.1 Å². The third kappa shape index (κ3) is 4.04. The van der Waals surface area contributed by atoms with Crippen LogP contribution in [0.3, 0.4) is 0 Å². The van der Waals surface area contributed by atoms with Crippen LogP contribution in [-0.4, -0.2) is 0 Å². The van der Waals surface area contributed by atoms with Gasteiger partial charge < -0.3 is 0 Å². The number of hydrogen-bond donors (Lipinski definition) is 0. The molecule has 0 saturated heterocycles. The molecule has 0 aliphatic heterocycles. The van der Waals surface area contributed by atoms with Gasteiger partial charge in [-0.15, -0.1) is 0 Å². The SMILES string of the molecule is C(=C\c1ccccc1)/[CH+]/C=C/c1ccccc1. The molecule has 0 amide bonds. The highest BCUT2D eigenvalue weighted by Gasteiger charge is 1.88. The molecule has 82 valence electrons. The van der Waals surface area contributed by atoms with Gasteiger partial charge >= 0.3 is 0 Å². The van der Waals surface area contributed by atoms with E-state index in [2.05, 4.69) is 48.6 Å². The minimum absolute atomic E-state index is 1.22. The van der Waals surface area contributed by atoms with Gasteiger partial charge in [-0.2, -0.15) is 0 Å². The average molecular weight is 219 g/mol. The molecule has 0 spiro atoms. The van der Waals surface area contributed by atoms with E-state index >= 15 is 0 Å². The first kappa shape index (κ1) is 11.3. The molecule has 0 atom stereocenters. The normalized spacial score (nSPS) is 11.1. The molecule has 2 aromatic carbocycles. The molecule has 0 nitrogen and oxygen atoms in total. The van der Waals surface area contributed by atoms with E-state index in [9.17, 15) is 0 Å². The molecule has 0 aliphatic rings. The summed E-state index contributed by atoms with van der Waals surface area (Å²) in [6.07, 6.45) is 10.3. The second-order valence-electron chi connectivity index (χ2n) is 3.73. The Morgan fingerprint density at radius 1 is 0.588 bits per heavy atom. The van der Waals surface area contributed by atoms with Crippen LogP contribution in [0.25, 0.3) is 12.2 Å². The van der Waals surface area contributed by atoms with Crippen molar-refractivity contribution in [3.63, 3.8) is 0 Å². The first-order valence-electron chi connectivity index (χ1n) is 5.73. The van der Waals surface area contributed by atoms with Crippen LogP contribution in [0.5, 0.6) is 0 Å². The Morgan fingerprint density at radius 3 is 1.41 bits per heavy atom. The fourth-order valence-corrected chi connectivity index (χ4v) is 1.53. The standard InChI is InChI=1S/C17H15/c1-4-10-16(11-5-1)14-8-3-9-15-17-12-6-2-7-13-17/h1-15H/q+1/b14-8+,15-9+. The minimum atomic E-state index is 1.22. The maximum absolute atomic E-state index is 2.09. The fourth-order valence-electron chi connectivity index (χ4n) is 1.53. The van der Waals surface area contributed by atoms with Crippen molar-refractivity contribution in [2.24, 2.45) is 0 Å². The molecule has 17 heavy (non-hydrogen) atoms. The van der Waals surface area contributed by atoms with E-state index in [0.29, 0.717) is 0 Å². The molecule has 0 fully saturated rings. The molecule has 0 aliphatic carbocycles. The maximum atomic E-state index is 2.09. The summed E-state index contributed by atoms with van der Waals surface area (Å²) in [5.41, 5.74) is 2.44. The van der Waals surface area contributed by atoms with E-state index in [-0.39, 0.29) is 0 Å². The number of hydrogen-bond acceptors (Lipinski definition) is 0. The Morgan fingerprint density at radius 2 is 1.00 bits per heavy atom. The zero-order valence-electron chi connectivity index (χ0n) is 9.66. The predicted octanol–water partition coefficient (Wildman–Crippen LogP) is 4.62. The van der Waals surface area contributed by atoms with Crippen LogP contribution >= 0.6 is 0 Å². The second kappa shape index (κ2) is 6.39. The highest BCUT2D eigenvalue weighted by Crippen LogP contribution is 2.04. The van der Waals surface area contributed by atoms with Gasteiger partial charge in [0.05, 0.1) is 0 Å². The Hall–Kier alpha value is -2.21. The van der Waals surface area contributed by atoms with Gasteiger partial charge in [0.1, 0.15) is 0 Å². The monoisotopic (exact) mass is 219 g/mol. The number of benzene rings is 2. The molecule has 2 rings (SSSR count). The van der Waals surface area contributed by atoms with Crippen molar-refractivity contribution >= 4 is 12.2 Å². The second-order valence-corrected chi connectivity index (χ2v) is 3.73. The zero-order chi connectivity index (χ0) is 11.8. The minimum Gasteiger partial charge on any atom is -0.0621 e. The van der Waals surface area contributed by atoms with Crippen molar-refractivity contribution < 1.29 is 0 Å². The lowest BCUT2D eigenvalue weighted by Gasteiger charge is -1.86. The average Bonchev–Trinajstić information content (AvgIpc) is 2.41. The van der Waals surface area contributed by atoms with E-state index in [1.807, 2.05) is 42.8 Å². The molecular weight excluding hydrogens is 204 g/mol. The Kier molecular flexibility index (Phi) is 4.24. The summed E-state index contributed by atoms with van der Waals surface area (Å²) in [6.45, 7) is 0. The van der Waals surface area contributed by atoms with E-state index in [4.69, 9.17) is 0 Å². The van der Waals surface area contributed by atoms with Gasteiger partial charge in [-0.25, -0.2) is 0 Å². The van der Waals surface area contributed by atoms with Crippen LogP contribution in [-0.2, 0) is 0 Å². The zero-order valence-corrected chi connectivity index (χ0v) is 9.66. The molecule has 0 unspecified atom stereocenters. The van der Waals surface area contributed by atoms with Crippen molar-refractivity contribution in [2.75, 3.05) is 0 Å². The number of rotatable bonds is 4. The molecular formula is C17H15+. The first-order chi connectivity index (χ1) is 8.45. The summed E-state index contributed by atoms with van der Waals surface area (Å²) in [5.74, 6) is 0. The molecule has 0 heterocycles. The summed E-state index contributed by atoms with van der Waals surface area (Å²) in [6, 6.07) is 20.6. The van der Waals surface area contributed by atoms with E-state index in [1.54, 1.807) is 0 Å². The van der Waals surface area contributed by atoms with Crippen molar-refractivity contribution in [2.45, 2.75) is 0 Å². The van der Waals surface area contributed by atoms with Crippen molar-refractivity contribution in [1.82, 2.24) is 0 Å². The Labute approximate surface area is 103 Å². The first-order valence-corrected chi connectivity index (χ1v) is 5.73. The molecule has 0 radical (unpaired) electrons. The van der Waals surface area contributed by atoms with Crippen molar-refractivity contribution in [3.05, 3.63) is 90.4 Å². The maximum Gasteiger partial charge on any atom is 0.0473 e. The van der Waals surface area contributed by atoms with Gasteiger partial charge in [0.2, 0.25) is 0 Å². The lowest BCUT2D eigenvalue weighted by molar-refractivity contribution is 1.64. The summed E-state index contributed by atoms with van der Waals surface area (Å²) >= 11 is 0. The van der Waals surface area contributed by atoms with Gasteiger partial charge in [0.25, 0.3) is 0 Å². The summed E-state index contributed by atoms with van der Waals surface area (Å²) in [7, 11) is 0. The Bertz CT molecular complexity index is 430.